The smallest absolute Gasteiger partial charge is 0.306 e. The van der Waals surface area contributed by atoms with Gasteiger partial charge in [0.15, 0.2) is 0 Å². The van der Waals surface area contributed by atoms with Crippen LogP contribution in [-0.2, 0) is 9.59 Å². The van der Waals surface area contributed by atoms with Gasteiger partial charge in [-0.25, -0.2) is 0 Å². The summed E-state index contributed by atoms with van der Waals surface area (Å²) in [6, 6.07) is 20.7. The first-order valence-corrected chi connectivity index (χ1v) is 11.7. The Morgan fingerprint density at radius 2 is 1.09 bits per heavy atom. The first-order valence-electron chi connectivity index (χ1n) is 11.7. The Labute approximate surface area is 194 Å². The molecule has 2 N–H and O–H groups in total. The van der Waals surface area contributed by atoms with Crippen molar-refractivity contribution in [1.82, 2.24) is 0 Å². The van der Waals surface area contributed by atoms with E-state index in [-0.39, 0.29) is 11.8 Å². The van der Waals surface area contributed by atoms with Gasteiger partial charge in [0, 0.05) is 0 Å². The summed E-state index contributed by atoms with van der Waals surface area (Å²) in [5.41, 5.74) is 2.67. The fourth-order valence-electron chi connectivity index (χ4n) is 2.98. The van der Waals surface area contributed by atoms with Crippen LogP contribution in [0.4, 0.5) is 0 Å². The second-order valence-corrected chi connectivity index (χ2v) is 8.36. The maximum Gasteiger partial charge on any atom is 0.306 e. The van der Waals surface area contributed by atoms with E-state index >= 15 is 0 Å². The third-order valence-electron chi connectivity index (χ3n) is 5.86. The highest BCUT2D eigenvalue weighted by molar-refractivity contribution is 5.70. The molecule has 0 saturated heterocycles. The van der Waals surface area contributed by atoms with Crippen LogP contribution < -0.4 is 0 Å². The molecule has 2 aromatic carbocycles. The zero-order chi connectivity index (χ0) is 24.5. The molecule has 0 aliphatic heterocycles. The Kier molecular flexibility index (Phi) is 15.6. The van der Waals surface area contributed by atoms with Gasteiger partial charge in [0.05, 0.1) is 11.8 Å². The lowest BCUT2D eigenvalue weighted by Crippen LogP contribution is -2.15. The SMILES string of the molecule is CCC(C)C(=O)O.CCC(C)c1ccccc1.CCC(CC(C)c1ccccc1)C(=O)O. The Bertz CT molecular complexity index is 743. The summed E-state index contributed by atoms with van der Waals surface area (Å²) in [7, 11) is 0. The number of hydrogen-bond donors (Lipinski definition) is 2. The van der Waals surface area contributed by atoms with Gasteiger partial charge in [0.2, 0.25) is 0 Å². The summed E-state index contributed by atoms with van der Waals surface area (Å²) in [6.07, 6.45) is 3.36. The molecule has 4 nitrogen and oxygen atoms in total. The fourth-order valence-corrected chi connectivity index (χ4v) is 2.98. The minimum atomic E-state index is -0.706. The molecule has 0 aromatic heterocycles. The summed E-state index contributed by atoms with van der Waals surface area (Å²) < 4.78 is 0. The number of carbonyl (C=O) groups is 2. The summed E-state index contributed by atoms with van der Waals surface area (Å²) in [4.78, 5) is 20.8. The number of hydrogen-bond acceptors (Lipinski definition) is 2. The van der Waals surface area contributed by atoms with Crippen molar-refractivity contribution >= 4 is 11.9 Å². The van der Waals surface area contributed by atoms with Crippen molar-refractivity contribution in [2.75, 3.05) is 0 Å². The molecular weight excluding hydrogens is 400 g/mol. The van der Waals surface area contributed by atoms with Gasteiger partial charge in [-0.05, 0) is 48.6 Å². The molecule has 178 valence electrons. The molecule has 0 heterocycles. The van der Waals surface area contributed by atoms with Gasteiger partial charge in [-0.2, -0.15) is 0 Å². The van der Waals surface area contributed by atoms with E-state index in [1.807, 2.05) is 32.0 Å². The van der Waals surface area contributed by atoms with E-state index in [0.717, 1.165) is 12.8 Å². The molecule has 2 rings (SSSR count). The van der Waals surface area contributed by atoms with Crippen molar-refractivity contribution in [3.05, 3.63) is 71.8 Å². The van der Waals surface area contributed by atoms with Crippen LogP contribution in [0.2, 0.25) is 0 Å². The lowest BCUT2D eigenvalue weighted by atomic mass is 9.89. The Morgan fingerprint density at radius 1 is 0.656 bits per heavy atom. The molecule has 4 unspecified atom stereocenters. The van der Waals surface area contributed by atoms with Crippen LogP contribution in [0.5, 0.6) is 0 Å². The number of benzene rings is 2. The highest BCUT2D eigenvalue weighted by Crippen LogP contribution is 2.24. The topological polar surface area (TPSA) is 74.6 Å². The van der Waals surface area contributed by atoms with E-state index in [9.17, 15) is 9.59 Å². The van der Waals surface area contributed by atoms with Crippen molar-refractivity contribution in [2.24, 2.45) is 11.8 Å². The van der Waals surface area contributed by atoms with Crippen LogP contribution in [0.25, 0.3) is 0 Å². The molecule has 4 atom stereocenters. The van der Waals surface area contributed by atoms with Crippen LogP contribution >= 0.6 is 0 Å². The highest BCUT2D eigenvalue weighted by atomic mass is 16.4. The van der Waals surface area contributed by atoms with E-state index in [4.69, 9.17) is 10.2 Å². The van der Waals surface area contributed by atoms with Crippen LogP contribution in [-0.4, -0.2) is 22.2 Å². The van der Waals surface area contributed by atoms with Gasteiger partial charge < -0.3 is 10.2 Å². The first-order chi connectivity index (χ1) is 15.2. The van der Waals surface area contributed by atoms with E-state index < -0.39 is 11.9 Å². The van der Waals surface area contributed by atoms with Crippen LogP contribution in [0.3, 0.4) is 0 Å². The lowest BCUT2D eigenvalue weighted by Gasteiger charge is -2.16. The Hall–Kier alpha value is -2.62. The van der Waals surface area contributed by atoms with E-state index in [1.165, 1.54) is 17.5 Å². The van der Waals surface area contributed by atoms with Gasteiger partial charge in [-0.3, -0.25) is 9.59 Å². The van der Waals surface area contributed by atoms with Crippen molar-refractivity contribution in [2.45, 2.75) is 79.1 Å². The summed E-state index contributed by atoms with van der Waals surface area (Å²) in [6.45, 7) is 12.0. The molecule has 32 heavy (non-hydrogen) atoms. The van der Waals surface area contributed by atoms with Gasteiger partial charge in [-0.15, -0.1) is 0 Å². The lowest BCUT2D eigenvalue weighted by molar-refractivity contribution is -0.142. The summed E-state index contributed by atoms with van der Waals surface area (Å²) in [5.74, 6) is -0.767. The molecular formula is C28H42O4. The third kappa shape index (κ3) is 12.3. The normalized spacial score (nSPS) is 13.8. The van der Waals surface area contributed by atoms with Crippen LogP contribution in [0.15, 0.2) is 60.7 Å². The zero-order valence-electron chi connectivity index (χ0n) is 20.6. The average Bonchev–Trinajstić information content (AvgIpc) is 2.82. The van der Waals surface area contributed by atoms with Gasteiger partial charge in [0.25, 0.3) is 0 Å². The molecule has 0 amide bonds. The third-order valence-corrected chi connectivity index (χ3v) is 5.86. The molecule has 0 fully saturated rings. The second kappa shape index (κ2) is 17.0. The Balaban J connectivity index is 0.000000489. The minimum Gasteiger partial charge on any atom is -0.481 e. The van der Waals surface area contributed by atoms with Crippen molar-refractivity contribution in [1.29, 1.82) is 0 Å². The van der Waals surface area contributed by atoms with Crippen molar-refractivity contribution < 1.29 is 19.8 Å². The summed E-state index contributed by atoms with van der Waals surface area (Å²) in [5, 5.41) is 17.2. The highest BCUT2D eigenvalue weighted by Gasteiger charge is 2.18. The standard InChI is InChI=1S/C13H18O2.C10H14.C5H10O2/c1-3-11(13(14)15)9-10(2)12-7-5-4-6-8-12;1-3-9(2)10-7-5-4-6-8-10;1-3-4(2)5(6)7/h4-8,10-11H,3,9H2,1-2H3,(H,14,15);4-9H,3H2,1-2H3;4H,3H2,1-2H3,(H,6,7). The van der Waals surface area contributed by atoms with Crippen LogP contribution in [0.1, 0.15) is 90.2 Å². The maximum atomic E-state index is 10.9. The minimum absolute atomic E-state index is 0.181. The van der Waals surface area contributed by atoms with E-state index in [2.05, 4.69) is 63.2 Å². The molecule has 0 aliphatic rings. The zero-order valence-corrected chi connectivity index (χ0v) is 20.6. The predicted octanol–water partition coefficient (Wildman–Crippen LogP) is 7.61. The van der Waals surface area contributed by atoms with Crippen LogP contribution in [0, 0.1) is 11.8 Å². The second-order valence-electron chi connectivity index (χ2n) is 8.36. The van der Waals surface area contributed by atoms with Crippen molar-refractivity contribution in [3.63, 3.8) is 0 Å². The fraction of sp³-hybridized carbons (Fsp3) is 0.500. The molecule has 0 saturated carbocycles. The summed E-state index contributed by atoms with van der Waals surface area (Å²) >= 11 is 0. The monoisotopic (exact) mass is 442 g/mol. The molecule has 0 radical (unpaired) electrons. The quantitative estimate of drug-likeness (QED) is 0.419. The molecule has 2 aromatic rings. The maximum absolute atomic E-state index is 10.9. The largest absolute Gasteiger partial charge is 0.481 e. The van der Waals surface area contributed by atoms with E-state index in [0.29, 0.717) is 18.3 Å². The predicted molar refractivity (Wildman–Crippen MR) is 133 cm³/mol. The number of rotatable bonds is 9. The van der Waals surface area contributed by atoms with Gasteiger partial charge >= 0.3 is 11.9 Å². The number of carboxylic acids is 2. The molecule has 0 spiro atoms. The number of aliphatic carboxylic acids is 2. The Morgan fingerprint density at radius 3 is 1.38 bits per heavy atom. The molecule has 4 heteroatoms. The van der Waals surface area contributed by atoms with Crippen molar-refractivity contribution in [3.8, 4) is 0 Å². The molecule has 0 bridgehead atoms. The van der Waals surface area contributed by atoms with Gasteiger partial charge in [-0.1, -0.05) is 102 Å². The average molecular weight is 443 g/mol. The molecule has 0 aliphatic carbocycles. The van der Waals surface area contributed by atoms with Gasteiger partial charge in [0.1, 0.15) is 0 Å². The first kappa shape index (κ1) is 29.4. The van der Waals surface area contributed by atoms with E-state index in [1.54, 1.807) is 6.92 Å². The number of carboxylic acid groups (broad SMARTS) is 2.